The number of amidine groups is 1. The highest BCUT2D eigenvalue weighted by Crippen LogP contribution is 2.51. The predicted octanol–water partition coefficient (Wildman–Crippen LogP) is 2.95. The van der Waals surface area contributed by atoms with Crippen LogP contribution in [-0.2, 0) is 0 Å². The van der Waals surface area contributed by atoms with Crippen LogP contribution in [-0.4, -0.2) is 22.6 Å². The van der Waals surface area contributed by atoms with Gasteiger partial charge in [0.15, 0.2) is 5.79 Å². The van der Waals surface area contributed by atoms with E-state index in [0.29, 0.717) is 17.8 Å². The van der Waals surface area contributed by atoms with Gasteiger partial charge in [0.2, 0.25) is 5.96 Å². The number of guanidine groups is 1. The number of fused-ring (bicyclic) bond motifs is 2. The molecule has 2 aliphatic carbocycles. The molecular formula is C21H24N6. The van der Waals surface area contributed by atoms with Gasteiger partial charge in [-0.2, -0.15) is 4.99 Å². The van der Waals surface area contributed by atoms with Gasteiger partial charge in [-0.15, -0.1) is 0 Å². The lowest BCUT2D eigenvalue weighted by Crippen LogP contribution is -2.63. The molecule has 138 valence electrons. The van der Waals surface area contributed by atoms with Crippen LogP contribution in [0.25, 0.3) is 0 Å². The Labute approximate surface area is 159 Å². The summed E-state index contributed by atoms with van der Waals surface area (Å²) in [4.78, 5) is 13.6. The third kappa shape index (κ3) is 3.10. The number of aromatic nitrogens is 1. The molecule has 6 heteroatoms. The number of nitrogens with zero attached hydrogens (tertiary/aromatic N) is 3. The maximum absolute atomic E-state index is 6.89. The molecule has 27 heavy (non-hydrogen) atoms. The van der Waals surface area contributed by atoms with Crippen molar-refractivity contribution in [2.45, 2.75) is 31.5 Å². The fourth-order valence-electron chi connectivity index (χ4n) is 4.86. The Morgan fingerprint density at radius 2 is 1.85 bits per heavy atom. The lowest BCUT2D eigenvalue weighted by Gasteiger charge is -2.40. The molecule has 1 unspecified atom stereocenters. The van der Waals surface area contributed by atoms with Gasteiger partial charge in [-0.25, -0.2) is 4.99 Å². The summed E-state index contributed by atoms with van der Waals surface area (Å²) in [6.07, 6.45) is 8.52. The van der Waals surface area contributed by atoms with Crippen molar-refractivity contribution in [2.24, 2.45) is 33.5 Å². The molecule has 0 amide bonds. The van der Waals surface area contributed by atoms with Crippen molar-refractivity contribution in [3.63, 3.8) is 0 Å². The van der Waals surface area contributed by atoms with E-state index >= 15 is 0 Å². The number of rotatable bonds is 3. The first-order chi connectivity index (χ1) is 13.2. The van der Waals surface area contributed by atoms with Crippen LogP contribution in [0.5, 0.6) is 0 Å². The number of hydrogen-bond acceptors (Lipinski definition) is 6. The van der Waals surface area contributed by atoms with Crippen LogP contribution >= 0.6 is 0 Å². The predicted molar refractivity (Wildman–Crippen MR) is 107 cm³/mol. The number of nitrogens with one attached hydrogen (secondary N) is 2. The average Bonchev–Trinajstić information content (AvgIpc) is 3.33. The Hall–Kier alpha value is -2.73. The quantitative estimate of drug-likeness (QED) is 0.785. The van der Waals surface area contributed by atoms with E-state index in [9.17, 15) is 0 Å². The van der Waals surface area contributed by atoms with Gasteiger partial charge in [0.25, 0.3) is 0 Å². The average molecular weight is 360 g/mol. The van der Waals surface area contributed by atoms with Crippen LogP contribution < -0.4 is 16.4 Å². The molecule has 2 aromatic rings. The number of nitrogens with two attached hydrogens (primary N) is 1. The summed E-state index contributed by atoms with van der Waals surface area (Å²) in [5.74, 6) is 2.26. The van der Waals surface area contributed by atoms with E-state index in [2.05, 4.69) is 15.6 Å². The lowest BCUT2D eigenvalue weighted by molar-refractivity contribution is 0.177. The number of hydrogen-bond donors (Lipinski definition) is 3. The Balaban J connectivity index is 1.51. The fourth-order valence-corrected chi connectivity index (χ4v) is 4.86. The van der Waals surface area contributed by atoms with Gasteiger partial charge in [-0.05, 0) is 43.2 Å². The van der Waals surface area contributed by atoms with Crippen molar-refractivity contribution in [1.29, 1.82) is 0 Å². The van der Waals surface area contributed by atoms with E-state index in [4.69, 9.17) is 15.7 Å². The summed E-state index contributed by atoms with van der Waals surface area (Å²) in [6, 6.07) is 13.9. The van der Waals surface area contributed by atoms with Crippen LogP contribution in [0.15, 0.2) is 64.8 Å². The van der Waals surface area contributed by atoms with Gasteiger partial charge >= 0.3 is 0 Å². The van der Waals surface area contributed by atoms with Gasteiger partial charge in [-0.3, -0.25) is 10.7 Å². The molecule has 2 bridgehead atoms. The number of anilines is 1. The Bertz CT molecular complexity index is 878. The second-order valence-electron chi connectivity index (χ2n) is 7.85. The van der Waals surface area contributed by atoms with E-state index in [1.165, 1.54) is 19.3 Å². The number of pyridine rings is 1. The van der Waals surface area contributed by atoms with E-state index in [0.717, 1.165) is 29.4 Å². The standard InChI is InChI=1S/C21H24N6/c22-21(18-13-14-6-7-16(18)12-14)26-19(15-4-2-1-3-5-15)25-20(27-21)24-17-8-10-23-11-9-17/h1-5,8-11,14,16,18H,6-7,12-13,22H2,(H2,23,24,25,26,27)/t14-,16+,18-,21?/m1/s1. The molecule has 1 aliphatic heterocycles. The highest BCUT2D eigenvalue weighted by molar-refractivity contribution is 6.10. The van der Waals surface area contributed by atoms with E-state index < -0.39 is 5.79 Å². The number of benzene rings is 1. The molecule has 4 atom stereocenters. The molecule has 0 saturated heterocycles. The van der Waals surface area contributed by atoms with E-state index in [1.54, 1.807) is 12.4 Å². The summed E-state index contributed by atoms with van der Waals surface area (Å²) < 4.78 is 0. The molecule has 2 saturated carbocycles. The summed E-state index contributed by atoms with van der Waals surface area (Å²) in [6.45, 7) is 0. The largest absolute Gasteiger partial charge is 0.333 e. The highest BCUT2D eigenvalue weighted by atomic mass is 15.4. The van der Waals surface area contributed by atoms with E-state index in [1.807, 2.05) is 42.5 Å². The van der Waals surface area contributed by atoms with Gasteiger partial charge in [0.05, 0.1) is 0 Å². The SMILES string of the molecule is NC1([C@@H]2C[C@@H]3CC[C@H]2C3)N=C(Nc2ccncc2)N=C(c2ccccc2)N1. The number of aliphatic imine (C=N–C) groups is 2. The third-order valence-electron chi connectivity index (χ3n) is 6.11. The summed E-state index contributed by atoms with van der Waals surface area (Å²) in [5, 5.41) is 6.78. The Morgan fingerprint density at radius 3 is 2.56 bits per heavy atom. The van der Waals surface area contributed by atoms with Gasteiger partial charge in [0, 0.05) is 29.6 Å². The molecule has 1 aromatic heterocycles. The van der Waals surface area contributed by atoms with Crippen LogP contribution in [0, 0.1) is 17.8 Å². The first-order valence-corrected chi connectivity index (χ1v) is 9.68. The van der Waals surface area contributed by atoms with Crippen LogP contribution in [0.1, 0.15) is 31.2 Å². The topological polar surface area (TPSA) is 87.7 Å². The van der Waals surface area contributed by atoms with Crippen LogP contribution in [0.3, 0.4) is 0 Å². The van der Waals surface area contributed by atoms with Gasteiger partial charge in [-0.1, -0.05) is 36.8 Å². The smallest absolute Gasteiger partial charge is 0.228 e. The second-order valence-corrected chi connectivity index (χ2v) is 7.85. The lowest BCUT2D eigenvalue weighted by atomic mass is 9.83. The first-order valence-electron chi connectivity index (χ1n) is 9.68. The Morgan fingerprint density at radius 1 is 1.04 bits per heavy atom. The molecule has 4 N–H and O–H groups in total. The zero-order chi connectivity index (χ0) is 18.3. The van der Waals surface area contributed by atoms with Gasteiger partial charge in [0.1, 0.15) is 5.84 Å². The molecule has 5 rings (SSSR count). The minimum atomic E-state index is -0.831. The molecule has 0 radical (unpaired) electrons. The van der Waals surface area contributed by atoms with Crippen molar-refractivity contribution < 1.29 is 0 Å². The molecular weight excluding hydrogens is 336 g/mol. The molecule has 6 nitrogen and oxygen atoms in total. The van der Waals surface area contributed by atoms with Crippen molar-refractivity contribution in [2.75, 3.05) is 5.32 Å². The highest BCUT2D eigenvalue weighted by Gasteiger charge is 2.50. The maximum Gasteiger partial charge on any atom is 0.228 e. The molecule has 0 spiro atoms. The summed E-state index contributed by atoms with van der Waals surface area (Å²) in [7, 11) is 0. The zero-order valence-electron chi connectivity index (χ0n) is 15.2. The minimum Gasteiger partial charge on any atom is -0.333 e. The first kappa shape index (κ1) is 16.4. The molecule has 3 aliphatic rings. The van der Waals surface area contributed by atoms with Crippen molar-refractivity contribution in [3.8, 4) is 0 Å². The van der Waals surface area contributed by atoms with Crippen molar-refractivity contribution in [3.05, 3.63) is 60.4 Å². The van der Waals surface area contributed by atoms with Crippen molar-refractivity contribution in [1.82, 2.24) is 10.3 Å². The molecule has 1 aromatic carbocycles. The molecule has 2 heterocycles. The third-order valence-corrected chi connectivity index (χ3v) is 6.11. The monoisotopic (exact) mass is 360 g/mol. The van der Waals surface area contributed by atoms with Gasteiger partial charge < -0.3 is 10.6 Å². The second kappa shape index (κ2) is 6.46. The summed E-state index contributed by atoms with van der Waals surface area (Å²) >= 11 is 0. The zero-order valence-corrected chi connectivity index (χ0v) is 15.2. The van der Waals surface area contributed by atoms with E-state index in [-0.39, 0.29) is 0 Å². The Kier molecular flexibility index (Phi) is 3.93. The molecule has 2 fully saturated rings. The van der Waals surface area contributed by atoms with Crippen molar-refractivity contribution >= 4 is 17.5 Å². The fraction of sp³-hybridized carbons (Fsp3) is 0.381. The van der Waals surface area contributed by atoms with Crippen LogP contribution in [0.4, 0.5) is 5.69 Å². The van der Waals surface area contributed by atoms with Crippen LogP contribution in [0.2, 0.25) is 0 Å². The normalized spacial score (nSPS) is 31.8. The minimum absolute atomic E-state index is 0.333. The maximum atomic E-state index is 6.89. The summed E-state index contributed by atoms with van der Waals surface area (Å²) in [5.41, 5.74) is 8.80.